The standard InChI is InChI=1S/C21H20ClNO2S/c1-13(2)12-23-20(24)18(15-6-4-14(3)5-7-15)19(21(23)25)26-17-10-8-16(22)9-11-17/h4-11,13H,12H2,1-3H3. The summed E-state index contributed by atoms with van der Waals surface area (Å²) in [5.74, 6) is -0.231. The van der Waals surface area contributed by atoms with Crippen LogP contribution in [0, 0.1) is 12.8 Å². The number of thioether (sulfide) groups is 1. The van der Waals surface area contributed by atoms with Gasteiger partial charge in [0, 0.05) is 16.5 Å². The number of benzene rings is 2. The number of hydrogen-bond donors (Lipinski definition) is 0. The topological polar surface area (TPSA) is 37.4 Å². The monoisotopic (exact) mass is 385 g/mol. The number of hydrogen-bond acceptors (Lipinski definition) is 3. The summed E-state index contributed by atoms with van der Waals surface area (Å²) in [5.41, 5.74) is 2.37. The zero-order valence-electron chi connectivity index (χ0n) is 15.0. The molecule has 0 unspecified atom stereocenters. The fourth-order valence-electron chi connectivity index (χ4n) is 2.77. The van der Waals surface area contributed by atoms with Gasteiger partial charge < -0.3 is 0 Å². The van der Waals surface area contributed by atoms with E-state index in [0.29, 0.717) is 22.0 Å². The summed E-state index contributed by atoms with van der Waals surface area (Å²) >= 11 is 7.27. The van der Waals surface area contributed by atoms with Crippen molar-refractivity contribution in [2.45, 2.75) is 25.7 Å². The number of halogens is 1. The normalized spacial score (nSPS) is 14.7. The van der Waals surface area contributed by atoms with Crippen molar-refractivity contribution in [1.29, 1.82) is 0 Å². The molecular formula is C21H20ClNO2S. The first kappa shape index (κ1) is 18.7. The lowest BCUT2D eigenvalue weighted by molar-refractivity contribution is -0.137. The van der Waals surface area contributed by atoms with Crippen LogP contribution in [0.25, 0.3) is 5.57 Å². The first-order valence-corrected chi connectivity index (χ1v) is 9.67. The summed E-state index contributed by atoms with van der Waals surface area (Å²) in [7, 11) is 0. The molecule has 0 saturated heterocycles. The average Bonchev–Trinajstić information content (AvgIpc) is 2.82. The lowest BCUT2D eigenvalue weighted by Gasteiger charge is -2.17. The third kappa shape index (κ3) is 3.87. The first-order chi connectivity index (χ1) is 12.4. The molecule has 0 aromatic heterocycles. The predicted octanol–water partition coefficient (Wildman–Crippen LogP) is 5.18. The van der Waals surface area contributed by atoms with Crippen LogP contribution in [0.3, 0.4) is 0 Å². The SMILES string of the molecule is Cc1ccc(C2=C(Sc3ccc(Cl)cc3)C(=O)N(CC(C)C)C2=O)cc1. The Morgan fingerprint density at radius 1 is 0.962 bits per heavy atom. The summed E-state index contributed by atoms with van der Waals surface area (Å²) in [6.07, 6.45) is 0. The Balaban J connectivity index is 2.04. The van der Waals surface area contributed by atoms with Crippen molar-refractivity contribution in [3.63, 3.8) is 0 Å². The molecular weight excluding hydrogens is 366 g/mol. The van der Waals surface area contributed by atoms with E-state index in [9.17, 15) is 9.59 Å². The molecule has 3 nitrogen and oxygen atoms in total. The lowest BCUT2D eigenvalue weighted by Crippen LogP contribution is -2.34. The fraction of sp³-hybridized carbons (Fsp3) is 0.238. The molecule has 0 fully saturated rings. The highest BCUT2D eigenvalue weighted by molar-refractivity contribution is 8.04. The molecule has 134 valence electrons. The highest BCUT2D eigenvalue weighted by Gasteiger charge is 2.39. The molecule has 26 heavy (non-hydrogen) atoms. The van der Waals surface area contributed by atoms with Crippen molar-refractivity contribution in [1.82, 2.24) is 4.90 Å². The second-order valence-corrected chi connectivity index (χ2v) is 8.26. The van der Waals surface area contributed by atoms with Gasteiger partial charge >= 0.3 is 0 Å². The maximum Gasteiger partial charge on any atom is 0.268 e. The van der Waals surface area contributed by atoms with Crippen LogP contribution in [0.4, 0.5) is 0 Å². The maximum atomic E-state index is 13.0. The third-order valence-corrected chi connectivity index (χ3v) is 5.39. The predicted molar refractivity (Wildman–Crippen MR) is 107 cm³/mol. The molecule has 3 rings (SSSR count). The Kier molecular flexibility index (Phi) is 5.54. The summed E-state index contributed by atoms with van der Waals surface area (Å²) in [5, 5.41) is 0.636. The van der Waals surface area contributed by atoms with Crippen LogP contribution >= 0.6 is 23.4 Å². The van der Waals surface area contributed by atoms with Crippen molar-refractivity contribution >= 4 is 40.8 Å². The molecule has 2 aromatic carbocycles. The number of carbonyl (C=O) groups excluding carboxylic acids is 2. The second-order valence-electron chi connectivity index (χ2n) is 6.74. The zero-order valence-corrected chi connectivity index (χ0v) is 16.5. The van der Waals surface area contributed by atoms with Crippen molar-refractivity contribution < 1.29 is 9.59 Å². The van der Waals surface area contributed by atoms with Crippen LogP contribution in [-0.4, -0.2) is 23.3 Å². The van der Waals surface area contributed by atoms with Gasteiger partial charge in [0.05, 0.1) is 10.5 Å². The average molecular weight is 386 g/mol. The van der Waals surface area contributed by atoms with Crippen LogP contribution in [0.5, 0.6) is 0 Å². The summed E-state index contributed by atoms with van der Waals surface area (Å²) in [6.45, 7) is 6.40. The maximum absolute atomic E-state index is 13.0. The minimum atomic E-state index is -0.223. The van der Waals surface area contributed by atoms with Crippen LogP contribution in [-0.2, 0) is 9.59 Å². The van der Waals surface area contributed by atoms with Crippen LogP contribution in [0.2, 0.25) is 5.02 Å². The third-order valence-electron chi connectivity index (χ3n) is 4.05. The van der Waals surface area contributed by atoms with Crippen molar-refractivity contribution in [3.8, 4) is 0 Å². The Hall–Kier alpha value is -2.04. The van der Waals surface area contributed by atoms with E-state index in [0.717, 1.165) is 16.0 Å². The molecule has 1 aliphatic rings. The second kappa shape index (κ2) is 7.68. The number of nitrogens with zero attached hydrogens (tertiary/aromatic N) is 1. The van der Waals surface area contributed by atoms with E-state index in [2.05, 4.69) is 0 Å². The van der Waals surface area contributed by atoms with Gasteiger partial charge in [-0.3, -0.25) is 14.5 Å². The Morgan fingerprint density at radius 2 is 1.58 bits per heavy atom. The van der Waals surface area contributed by atoms with Gasteiger partial charge in [-0.25, -0.2) is 0 Å². The van der Waals surface area contributed by atoms with Gasteiger partial charge in [-0.2, -0.15) is 0 Å². The first-order valence-electron chi connectivity index (χ1n) is 8.47. The molecule has 2 aromatic rings. The number of imide groups is 1. The summed E-state index contributed by atoms with van der Waals surface area (Å²) in [4.78, 5) is 28.7. The molecule has 0 bridgehead atoms. The zero-order chi connectivity index (χ0) is 18.8. The van der Waals surface area contributed by atoms with Gasteiger partial charge in [-0.1, -0.05) is 67.0 Å². The molecule has 0 aliphatic carbocycles. The van der Waals surface area contributed by atoms with Crippen LogP contribution in [0.1, 0.15) is 25.0 Å². The molecule has 5 heteroatoms. The van der Waals surface area contributed by atoms with Crippen molar-refractivity contribution in [2.24, 2.45) is 5.92 Å². The van der Waals surface area contributed by atoms with Crippen LogP contribution < -0.4 is 0 Å². The van der Waals surface area contributed by atoms with E-state index < -0.39 is 0 Å². The Bertz CT molecular complexity index is 870. The number of aryl methyl sites for hydroxylation is 1. The van der Waals surface area contributed by atoms with Gasteiger partial charge in [-0.05, 0) is 42.7 Å². The van der Waals surface area contributed by atoms with Gasteiger partial charge in [0.1, 0.15) is 0 Å². The van der Waals surface area contributed by atoms with Crippen LogP contribution in [0.15, 0.2) is 58.3 Å². The minimum absolute atomic E-state index is 0.210. The van der Waals surface area contributed by atoms with E-state index >= 15 is 0 Å². The molecule has 0 N–H and O–H groups in total. The molecule has 2 amide bonds. The van der Waals surface area contributed by atoms with E-state index in [1.807, 2.05) is 57.2 Å². The number of carbonyl (C=O) groups is 2. The van der Waals surface area contributed by atoms with E-state index in [1.165, 1.54) is 16.7 Å². The lowest BCUT2D eigenvalue weighted by atomic mass is 10.0. The van der Waals surface area contributed by atoms with Gasteiger partial charge in [0.2, 0.25) is 0 Å². The van der Waals surface area contributed by atoms with Gasteiger partial charge in [0.15, 0.2) is 0 Å². The van der Waals surface area contributed by atoms with Gasteiger partial charge in [0.25, 0.3) is 11.8 Å². The highest BCUT2D eigenvalue weighted by atomic mass is 35.5. The number of amides is 2. The summed E-state index contributed by atoms with van der Waals surface area (Å²) in [6, 6.07) is 15.0. The highest BCUT2D eigenvalue weighted by Crippen LogP contribution is 2.40. The fourth-order valence-corrected chi connectivity index (χ4v) is 3.91. The molecule has 0 radical (unpaired) electrons. The number of rotatable bonds is 5. The van der Waals surface area contributed by atoms with E-state index in [1.54, 1.807) is 12.1 Å². The molecule has 0 spiro atoms. The van der Waals surface area contributed by atoms with Gasteiger partial charge in [-0.15, -0.1) is 0 Å². The molecule has 0 saturated carbocycles. The minimum Gasteiger partial charge on any atom is -0.274 e. The molecule has 1 heterocycles. The Labute approximate surface area is 163 Å². The Morgan fingerprint density at radius 3 is 2.15 bits per heavy atom. The molecule has 0 atom stereocenters. The van der Waals surface area contributed by atoms with E-state index in [-0.39, 0.29) is 17.7 Å². The summed E-state index contributed by atoms with van der Waals surface area (Å²) < 4.78 is 0. The molecule has 1 aliphatic heterocycles. The smallest absolute Gasteiger partial charge is 0.268 e. The van der Waals surface area contributed by atoms with Crippen molar-refractivity contribution in [2.75, 3.05) is 6.54 Å². The quantitative estimate of drug-likeness (QED) is 0.666. The van der Waals surface area contributed by atoms with Crippen molar-refractivity contribution in [3.05, 3.63) is 69.6 Å². The van der Waals surface area contributed by atoms with E-state index in [4.69, 9.17) is 11.6 Å². The largest absolute Gasteiger partial charge is 0.274 e.